The SMILES string of the molecule is CNCc1c(Cl)ccc(S(=O)(=O)Nc2cn[nH]c2)c1Cl. The number of H-pyrrole nitrogens is 1. The summed E-state index contributed by atoms with van der Waals surface area (Å²) in [5.74, 6) is 0. The molecule has 0 atom stereocenters. The zero-order valence-corrected chi connectivity index (χ0v) is 12.8. The number of halogens is 2. The normalized spacial score (nSPS) is 11.6. The standard InChI is InChI=1S/C11H12Cl2N4O2S/c1-14-6-8-9(12)2-3-10(11(8)13)20(18,19)17-7-4-15-16-5-7/h2-5,14,17H,6H2,1H3,(H,15,16). The Labute approximate surface area is 126 Å². The molecule has 9 heteroatoms. The fraction of sp³-hybridized carbons (Fsp3) is 0.182. The highest BCUT2D eigenvalue weighted by atomic mass is 35.5. The zero-order chi connectivity index (χ0) is 14.8. The van der Waals surface area contributed by atoms with Gasteiger partial charge in [0.1, 0.15) is 4.90 Å². The number of hydrogen-bond donors (Lipinski definition) is 3. The molecule has 0 amide bonds. The molecule has 0 saturated heterocycles. The molecule has 108 valence electrons. The Kier molecular flexibility index (Phi) is 4.54. The van der Waals surface area contributed by atoms with Crippen molar-refractivity contribution in [3.05, 3.63) is 40.1 Å². The first-order valence-corrected chi connectivity index (χ1v) is 7.82. The quantitative estimate of drug-likeness (QED) is 0.782. The molecule has 1 aromatic carbocycles. The Morgan fingerprint density at radius 3 is 2.70 bits per heavy atom. The van der Waals surface area contributed by atoms with Crippen molar-refractivity contribution in [2.75, 3.05) is 11.8 Å². The maximum atomic E-state index is 12.3. The minimum atomic E-state index is -3.80. The molecule has 0 radical (unpaired) electrons. The van der Waals surface area contributed by atoms with Crippen molar-refractivity contribution in [1.82, 2.24) is 15.5 Å². The van der Waals surface area contributed by atoms with Gasteiger partial charge in [-0.2, -0.15) is 5.10 Å². The molecule has 1 heterocycles. The first-order valence-electron chi connectivity index (χ1n) is 5.59. The predicted octanol–water partition coefficient (Wildman–Crippen LogP) is 2.24. The highest BCUT2D eigenvalue weighted by Gasteiger charge is 2.21. The predicted molar refractivity (Wildman–Crippen MR) is 78.6 cm³/mol. The van der Waals surface area contributed by atoms with Crippen LogP contribution in [0.15, 0.2) is 29.4 Å². The Morgan fingerprint density at radius 2 is 2.10 bits per heavy atom. The molecule has 0 saturated carbocycles. The molecular formula is C11H12Cl2N4O2S. The van der Waals surface area contributed by atoms with Gasteiger partial charge in [0.15, 0.2) is 0 Å². The summed E-state index contributed by atoms with van der Waals surface area (Å²) in [5, 5.41) is 9.59. The van der Waals surface area contributed by atoms with E-state index in [9.17, 15) is 8.42 Å². The van der Waals surface area contributed by atoms with Gasteiger partial charge < -0.3 is 5.32 Å². The highest BCUT2D eigenvalue weighted by molar-refractivity contribution is 7.92. The second-order valence-electron chi connectivity index (χ2n) is 3.96. The number of nitrogens with zero attached hydrogens (tertiary/aromatic N) is 1. The fourth-order valence-electron chi connectivity index (χ4n) is 1.64. The van der Waals surface area contributed by atoms with Gasteiger partial charge in [-0.1, -0.05) is 23.2 Å². The maximum Gasteiger partial charge on any atom is 0.263 e. The van der Waals surface area contributed by atoms with Gasteiger partial charge in [-0.15, -0.1) is 0 Å². The van der Waals surface area contributed by atoms with Crippen molar-refractivity contribution in [1.29, 1.82) is 0 Å². The highest BCUT2D eigenvalue weighted by Crippen LogP contribution is 2.31. The van der Waals surface area contributed by atoms with Crippen molar-refractivity contribution in [2.24, 2.45) is 0 Å². The molecule has 0 unspecified atom stereocenters. The van der Waals surface area contributed by atoms with Gasteiger partial charge in [-0.3, -0.25) is 9.82 Å². The molecule has 20 heavy (non-hydrogen) atoms. The number of benzene rings is 1. The minimum absolute atomic E-state index is 0.0324. The number of aromatic nitrogens is 2. The number of rotatable bonds is 5. The summed E-state index contributed by atoms with van der Waals surface area (Å²) in [6.45, 7) is 0.368. The average Bonchev–Trinajstić information content (AvgIpc) is 2.86. The van der Waals surface area contributed by atoms with Crippen molar-refractivity contribution in [3.63, 3.8) is 0 Å². The summed E-state index contributed by atoms with van der Waals surface area (Å²) >= 11 is 12.2. The van der Waals surface area contributed by atoms with Crippen molar-refractivity contribution in [3.8, 4) is 0 Å². The van der Waals surface area contributed by atoms with Crippen LogP contribution >= 0.6 is 23.2 Å². The molecule has 0 fully saturated rings. The van der Waals surface area contributed by atoms with Gasteiger partial charge in [0.05, 0.1) is 16.9 Å². The van der Waals surface area contributed by atoms with Crippen LogP contribution in [0.1, 0.15) is 5.56 Å². The van der Waals surface area contributed by atoms with Crippen molar-refractivity contribution >= 4 is 38.9 Å². The lowest BCUT2D eigenvalue weighted by atomic mass is 10.2. The molecular weight excluding hydrogens is 323 g/mol. The van der Waals surface area contributed by atoms with E-state index in [-0.39, 0.29) is 9.92 Å². The van der Waals surface area contributed by atoms with Crippen LogP contribution in [-0.2, 0) is 16.6 Å². The number of aromatic amines is 1. The van der Waals surface area contributed by atoms with Gasteiger partial charge in [0, 0.05) is 23.3 Å². The summed E-state index contributed by atoms with van der Waals surface area (Å²) in [5.41, 5.74) is 0.858. The summed E-state index contributed by atoms with van der Waals surface area (Å²) in [7, 11) is -2.08. The van der Waals surface area contributed by atoms with Crippen LogP contribution < -0.4 is 10.0 Å². The van der Waals surface area contributed by atoms with E-state index in [0.717, 1.165) is 0 Å². The van der Waals surface area contributed by atoms with E-state index in [0.29, 0.717) is 22.8 Å². The van der Waals surface area contributed by atoms with E-state index in [1.807, 2.05) is 0 Å². The lowest BCUT2D eigenvalue weighted by molar-refractivity contribution is 0.601. The zero-order valence-electron chi connectivity index (χ0n) is 10.4. The monoisotopic (exact) mass is 334 g/mol. The molecule has 2 aromatic rings. The Hall–Kier alpha value is -1.28. The van der Waals surface area contributed by atoms with Gasteiger partial charge in [0.2, 0.25) is 0 Å². The van der Waals surface area contributed by atoms with Gasteiger partial charge in [-0.25, -0.2) is 8.42 Å². The van der Waals surface area contributed by atoms with E-state index >= 15 is 0 Å². The summed E-state index contributed by atoms with van der Waals surface area (Å²) in [6, 6.07) is 2.87. The molecule has 0 aliphatic rings. The third-order valence-electron chi connectivity index (χ3n) is 2.54. The molecule has 0 bridgehead atoms. The number of sulfonamides is 1. The second kappa shape index (κ2) is 6.01. The van der Waals surface area contributed by atoms with Gasteiger partial charge in [-0.05, 0) is 19.2 Å². The molecule has 6 nitrogen and oxygen atoms in total. The van der Waals surface area contributed by atoms with E-state index in [1.165, 1.54) is 24.5 Å². The van der Waals surface area contributed by atoms with Crippen LogP contribution in [0.4, 0.5) is 5.69 Å². The molecule has 1 aromatic heterocycles. The Balaban J connectivity index is 2.44. The summed E-state index contributed by atoms with van der Waals surface area (Å²) < 4.78 is 26.9. The van der Waals surface area contributed by atoms with Crippen LogP contribution in [0.25, 0.3) is 0 Å². The topological polar surface area (TPSA) is 86.9 Å². The molecule has 2 rings (SSSR count). The summed E-state index contributed by atoms with van der Waals surface area (Å²) in [4.78, 5) is -0.0324. The smallest absolute Gasteiger partial charge is 0.263 e. The number of nitrogens with one attached hydrogen (secondary N) is 3. The van der Waals surface area contributed by atoms with E-state index in [2.05, 4.69) is 20.2 Å². The number of anilines is 1. The van der Waals surface area contributed by atoms with E-state index in [4.69, 9.17) is 23.2 Å². The Bertz CT molecular complexity index is 701. The minimum Gasteiger partial charge on any atom is -0.316 e. The maximum absolute atomic E-state index is 12.3. The van der Waals surface area contributed by atoms with E-state index in [1.54, 1.807) is 7.05 Å². The second-order valence-corrected chi connectivity index (χ2v) is 6.40. The first-order chi connectivity index (χ1) is 9.45. The van der Waals surface area contributed by atoms with Crippen LogP contribution in [0.2, 0.25) is 10.0 Å². The van der Waals surface area contributed by atoms with Crippen LogP contribution in [0.5, 0.6) is 0 Å². The largest absolute Gasteiger partial charge is 0.316 e. The third kappa shape index (κ3) is 3.06. The lowest BCUT2D eigenvalue weighted by Gasteiger charge is -2.12. The average molecular weight is 335 g/mol. The third-order valence-corrected chi connectivity index (χ3v) is 4.87. The molecule has 0 aliphatic carbocycles. The van der Waals surface area contributed by atoms with Crippen molar-refractivity contribution in [2.45, 2.75) is 11.4 Å². The molecule has 3 N–H and O–H groups in total. The fourth-order valence-corrected chi connectivity index (χ4v) is 3.59. The van der Waals surface area contributed by atoms with Gasteiger partial charge >= 0.3 is 0 Å². The summed E-state index contributed by atoms with van der Waals surface area (Å²) in [6.07, 6.45) is 2.78. The van der Waals surface area contributed by atoms with E-state index < -0.39 is 10.0 Å². The Morgan fingerprint density at radius 1 is 1.35 bits per heavy atom. The van der Waals surface area contributed by atoms with Crippen molar-refractivity contribution < 1.29 is 8.42 Å². The lowest BCUT2D eigenvalue weighted by Crippen LogP contribution is -2.15. The van der Waals surface area contributed by atoms with Gasteiger partial charge in [0.25, 0.3) is 10.0 Å². The first kappa shape index (κ1) is 15.1. The van der Waals surface area contributed by atoms with Crippen LogP contribution in [0, 0.1) is 0 Å². The van der Waals surface area contributed by atoms with Crippen LogP contribution in [-0.4, -0.2) is 25.7 Å². The molecule has 0 spiro atoms. The number of hydrogen-bond acceptors (Lipinski definition) is 4. The van der Waals surface area contributed by atoms with Crippen LogP contribution in [0.3, 0.4) is 0 Å². The molecule has 0 aliphatic heterocycles.